The molecule has 0 atom stereocenters. The minimum absolute atomic E-state index is 0.0767. The van der Waals surface area contributed by atoms with Crippen LogP contribution >= 0.6 is 0 Å². The molecule has 0 unspecified atom stereocenters. The first-order valence-corrected chi connectivity index (χ1v) is 13.1. The Morgan fingerprint density at radius 2 is 1.67 bits per heavy atom. The summed E-state index contributed by atoms with van der Waals surface area (Å²) in [7, 11) is -6.98. The number of carbonyl (C=O) groups excluding carboxylic acids is 1. The maximum atomic E-state index is 12.9. The fourth-order valence-electron chi connectivity index (χ4n) is 3.42. The SMILES string of the molecule is Cc1ccc(S(C)(=O)=O)cc1C(=O)NCc1cccc(S(=O)(=O)N2CCCCC2)c1. The van der Waals surface area contributed by atoms with Gasteiger partial charge in [0, 0.05) is 31.5 Å². The van der Waals surface area contributed by atoms with Crippen molar-refractivity contribution in [3.63, 3.8) is 0 Å². The molecule has 1 N–H and O–H groups in total. The minimum atomic E-state index is -3.55. The van der Waals surface area contributed by atoms with Gasteiger partial charge >= 0.3 is 0 Å². The highest BCUT2D eigenvalue weighted by molar-refractivity contribution is 7.90. The molecule has 0 spiro atoms. The van der Waals surface area contributed by atoms with Gasteiger partial charge in [-0.15, -0.1) is 0 Å². The Morgan fingerprint density at radius 1 is 0.967 bits per heavy atom. The van der Waals surface area contributed by atoms with Crippen LogP contribution in [-0.2, 0) is 26.4 Å². The summed E-state index contributed by atoms with van der Waals surface area (Å²) < 4.78 is 50.8. The van der Waals surface area contributed by atoms with E-state index in [9.17, 15) is 21.6 Å². The molecule has 7 nitrogen and oxygen atoms in total. The lowest BCUT2D eigenvalue weighted by atomic mass is 10.1. The molecular formula is C21H26N2O5S2. The number of carbonyl (C=O) groups is 1. The zero-order valence-corrected chi connectivity index (χ0v) is 18.7. The van der Waals surface area contributed by atoms with Crippen molar-refractivity contribution in [1.82, 2.24) is 9.62 Å². The normalized spacial score (nSPS) is 15.7. The summed E-state index contributed by atoms with van der Waals surface area (Å²) in [6.45, 7) is 2.91. The zero-order chi connectivity index (χ0) is 21.9. The van der Waals surface area contributed by atoms with Crippen LogP contribution in [0.1, 0.15) is 40.7 Å². The summed E-state index contributed by atoms with van der Waals surface area (Å²) in [5.41, 5.74) is 1.58. The first kappa shape index (κ1) is 22.5. The minimum Gasteiger partial charge on any atom is -0.348 e. The number of benzene rings is 2. The highest BCUT2D eigenvalue weighted by Crippen LogP contribution is 2.21. The molecule has 1 fully saturated rings. The lowest BCUT2D eigenvalue weighted by molar-refractivity contribution is 0.0950. The first-order valence-electron chi connectivity index (χ1n) is 9.77. The number of hydrogen-bond acceptors (Lipinski definition) is 5. The van der Waals surface area contributed by atoms with Crippen LogP contribution < -0.4 is 5.32 Å². The number of piperidine rings is 1. The standard InChI is InChI=1S/C21H26N2O5S2/c1-16-9-10-18(29(2,25)26)14-20(16)21(24)22-15-17-7-6-8-19(13-17)30(27,28)23-11-4-3-5-12-23/h6-10,13-14H,3-5,11-12,15H2,1-2H3,(H,22,24). The van der Waals surface area contributed by atoms with Crippen molar-refractivity contribution in [2.24, 2.45) is 0 Å². The largest absolute Gasteiger partial charge is 0.348 e. The average molecular weight is 451 g/mol. The van der Waals surface area contributed by atoms with Crippen LogP contribution in [0, 0.1) is 6.92 Å². The van der Waals surface area contributed by atoms with Gasteiger partial charge in [0.2, 0.25) is 10.0 Å². The fraction of sp³-hybridized carbons (Fsp3) is 0.381. The molecule has 1 saturated heterocycles. The maximum absolute atomic E-state index is 12.9. The smallest absolute Gasteiger partial charge is 0.251 e. The Morgan fingerprint density at radius 3 is 2.33 bits per heavy atom. The second-order valence-corrected chi connectivity index (χ2v) is 11.5. The van der Waals surface area contributed by atoms with E-state index >= 15 is 0 Å². The predicted octanol–water partition coefficient (Wildman–Crippen LogP) is 2.50. The summed E-state index contributed by atoms with van der Waals surface area (Å²) in [6.07, 6.45) is 3.85. The van der Waals surface area contributed by atoms with Crippen molar-refractivity contribution in [3.8, 4) is 0 Å². The Kier molecular flexibility index (Phi) is 6.64. The van der Waals surface area contributed by atoms with Crippen LogP contribution in [0.15, 0.2) is 52.3 Å². The molecule has 162 valence electrons. The monoisotopic (exact) mass is 450 g/mol. The van der Waals surface area contributed by atoms with Gasteiger partial charge in [-0.1, -0.05) is 24.6 Å². The number of sulfone groups is 1. The van der Waals surface area contributed by atoms with Crippen molar-refractivity contribution < 1.29 is 21.6 Å². The van der Waals surface area contributed by atoms with Crippen molar-refractivity contribution in [3.05, 3.63) is 59.2 Å². The van der Waals surface area contributed by atoms with Crippen molar-refractivity contribution in [2.45, 2.75) is 42.5 Å². The van der Waals surface area contributed by atoms with Gasteiger partial charge in [0.05, 0.1) is 9.79 Å². The van der Waals surface area contributed by atoms with Gasteiger partial charge in [0.25, 0.3) is 5.91 Å². The van der Waals surface area contributed by atoms with Crippen LogP contribution in [0.5, 0.6) is 0 Å². The van der Waals surface area contributed by atoms with Gasteiger partial charge in [0.1, 0.15) is 0 Å². The molecule has 1 amide bonds. The maximum Gasteiger partial charge on any atom is 0.251 e. The number of amides is 1. The molecule has 1 heterocycles. The zero-order valence-electron chi connectivity index (χ0n) is 17.1. The number of nitrogens with one attached hydrogen (secondary N) is 1. The summed E-state index contributed by atoms with van der Waals surface area (Å²) >= 11 is 0. The van der Waals surface area contributed by atoms with E-state index in [1.54, 1.807) is 37.3 Å². The van der Waals surface area contributed by atoms with Crippen LogP contribution in [0.4, 0.5) is 0 Å². The average Bonchev–Trinajstić information content (AvgIpc) is 2.72. The van der Waals surface area contributed by atoms with Crippen LogP contribution in [-0.4, -0.2) is 46.4 Å². The molecule has 1 aliphatic rings. The van der Waals surface area contributed by atoms with Crippen molar-refractivity contribution >= 4 is 25.8 Å². The van der Waals surface area contributed by atoms with E-state index in [1.807, 2.05) is 0 Å². The van der Waals surface area contributed by atoms with E-state index in [0.717, 1.165) is 25.5 Å². The summed E-state index contributed by atoms with van der Waals surface area (Å²) in [6, 6.07) is 11.0. The number of sulfonamides is 1. The summed E-state index contributed by atoms with van der Waals surface area (Å²) in [4.78, 5) is 12.9. The number of hydrogen-bond donors (Lipinski definition) is 1. The van der Waals surface area contributed by atoms with E-state index < -0.39 is 25.8 Å². The van der Waals surface area contributed by atoms with E-state index in [2.05, 4.69) is 5.32 Å². The van der Waals surface area contributed by atoms with E-state index in [4.69, 9.17) is 0 Å². The van der Waals surface area contributed by atoms with Crippen LogP contribution in [0.3, 0.4) is 0 Å². The Labute approximate surface area is 178 Å². The number of aryl methyl sites for hydroxylation is 1. The summed E-state index contributed by atoms with van der Waals surface area (Å²) in [5, 5.41) is 2.75. The van der Waals surface area contributed by atoms with Crippen molar-refractivity contribution in [2.75, 3.05) is 19.3 Å². The molecule has 2 aromatic carbocycles. The Hall–Kier alpha value is -2.23. The van der Waals surface area contributed by atoms with Gasteiger partial charge in [-0.2, -0.15) is 4.31 Å². The second kappa shape index (κ2) is 8.87. The highest BCUT2D eigenvalue weighted by Gasteiger charge is 2.26. The molecule has 3 rings (SSSR count). The quantitative estimate of drug-likeness (QED) is 0.729. The predicted molar refractivity (Wildman–Crippen MR) is 115 cm³/mol. The third-order valence-corrected chi connectivity index (χ3v) is 8.19. The van der Waals surface area contributed by atoms with Crippen LogP contribution in [0.2, 0.25) is 0 Å². The van der Waals surface area contributed by atoms with Gasteiger partial charge < -0.3 is 5.32 Å². The second-order valence-electron chi connectivity index (χ2n) is 7.54. The molecule has 0 saturated carbocycles. The molecule has 9 heteroatoms. The molecule has 0 aliphatic carbocycles. The number of nitrogens with zero attached hydrogens (tertiary/aromatic N) is 1. The first-order chi connectivity index (χ1) is 14.1. The van der Waals surface area contributed by atoms with Crippen molar-refractivity contribution in [1.29, 1.82) is 0 Å². The lowest BCUT2D eigenvalue weighted by Gasteiger charge is -2.26. The molecule has 2 aromatic rings. The molecule has 0 aromatic heterocycles. The highest BCUT2D eigenvalue weighted by atomic mass is 32.2. The van der Waals surface area contributed by atoms with Gasteiger partial charge in [0.15, 0.2) is 9.84 Å². The summed E-state index contributed by atoms with van der Waals surface area (Å²) in [5.74, 6) is -0.415. The molecule has 0 bridgehead atoms. The topological polar surface area (TPSA) is 101 Å². The molecular weight excluding hydrogens is 424 g/mol. The van der Waals surface area contributed by atoms with E-state index in [-0.39, 0.29) is 21.9 Å². The third-order valence-electron chi connectivity index (χ3n) is 5.19. The fourth-order valence-corrected chi connectivity index (χ4v) is 5.66. The molecule has 0 radical (unpaired) electrons. The van der Waals surface area contributed by atoms with Gasteiger partial charge in [-0.05, 0) is 55.2 Å². The van der Waals surface area contributed by atoms with Crippen LogP contribution in [0.25, 0.3) is 0 Å². The molecule has 1 aliphatic heterocycles. The van der Waals surface area contributed by atoms with Gasteiger partial charge in [-0.25, -0.2) is 16.8 Å². The number of rotatable bonds is 6. The van der Waals surface area contributed by atoms with E-state index in [0.29, 0.717) is 24.2 Å². The van der Waals surface area contributed by atoms with Gasteiger partial charge in [-0.3, -0.25) is 4.79 Å². The van der Waals surface area contributed by atoms with E-state index in [1.165, 1.54) is 16.4 Å². The third kappa shape index (κ3) is 5.08. The Bertz CT molecular complexity index is 1150. The molecule has 30 heavy (non-hydrogen) atoms. The Balaban J connectivity index is 1.75. The lowest BCUT2D eigenvalue weighted by Crippen LogP contribution is -2.35.